The highest BCUT2D eigenvalue weighted by Crippen LogP contribution is 2.49. The molecule has 13 nitrogen and oxygen atoms in total. The Morgan fingerprint density at radius 2 is 1.38 bits per heavy atom. The minimum Gasteiger partial charge on any atom is -0.356 e. The number of hydrogen-bond acceptors (Lipinski definition) is 11. The van der Waals surface area contributed by atoms with Gasteiger partial charge in [0.2, 0.25) is 11.8 Å². The highest BCUT2D eigenvalue weighted by molar-refractivity contribution is 7.48. The molecule has 1 aromatic carbocycles. The molecule has 2 bridgehead atoms. The van der Waals surface area contributed by atoms with Crippen LogP contribution >= 0.6 is 16.4 Å². The third-order valence-electron chi connectivity index (χ3n) is 7.63. The van der Waals surface area contributed by atoms with Crippen LogP contribution in [0.15, 0.2) is 42.5 Å². The third-order valence-corrected chi connectivity index (χ3v) is 10.6. The molecule has 3 rings (SSSR count). The van der Waals surface area contributed by atoms with Crippen LogP contribution in [-0.4, -0.2) is 87.3 Å². The lowest BCUT2D eigenvalue weighted by molar-refractivity contribution is -0.135. The number of phosphoric acid groups is 1. The van der Waals surface area contributed by atoms with Crippen LogP contribution in [0, 0.1) is 11.8 Å². The number of ketones is 1. The normalized spacial score (nSPS) is 21.0. The molecule has 4 atom stereocenters. The standard InChI is InChI=1S/C32H51N3O10P2/c1-5-40-46(41-6-2)42-22-14-12-20-34-32(38)29-28(31(37)33-21-13-15-23-45-47(39,43-7-3)44-8-4)26-18-19-27(36)30(29)35(26)24-25-16-10-9-11-17-25/h9-11,16-19,26,28-30H,5-8,12-15,20-24H2,1-4H3,(H,33,37)(H,34,38). The summed E-state index contributed by atoms with van der Waals surface area (Å²) in [5.41, 5.74) is 0.987. The maximum Gasteiger partial charge on any atom is 0.474 e. The number of carbonyl (C=O) groups is 3. The summed E-state index contributed by atoms with van der Waals surface area (Å²) in [6, 6.07) is 8.52. The minimum absolute atomic E-state index is 0.137. The summed E-state index contributed by atoms with van der Waals surface area (Å²) in [6.45, 7) is 10.2. The molecule has 2 amide bonds. The lowest BCUT2D eigenvalue weighted by Gasteiger charge is -2.31. The number of hydrogen-bond donors (Lipinski definition) is 2. The van der Waals surface area contributed by atoms with Crippen LogP contribution < -0.4 is 10.6 Å². The Hall–Kier alpha value is -2.05. The minimum atomic E-state index is -3.60. The molecule has 0 aromatic heterocycles. The van der Waals surface area contributed by atoms with Crippen LogP contribution in [0.25, 0.3) is 0 Å². The predicted octanol–water partition coefficient (Wildman–Crippen LogP) is 4.92. The average molecular weight is 700 g/mol. The van der Waals surface area contributed by atoms with E-state index in [1.54, 1.807) is 19.9 Å². The van der Waals surface area contributed by atoms with E-state index in [0.717, 1.165) is 5.56 Å². The van der Waals surface area contributed by atoms with Crippen LogP contribution in [0.2, 0.25) is 0 Å². The number of amides is 2. The second-order valence-electron chi connectivity index (χ2n) is 10.9. The zero-order valence-corrected chi connectivity index (χ0v) is 29.8. The van der Waals surface area contributed by atoms with E-state index in [1.165, 1.54) is 6.08 Å². The van der Waals surface area contributed by atoms with Crippen molar-refractivity contribution in [3.8, 4) is 0 Å². The second kappa shape index (κ2) is 21.1. The Bertz CT molecular complexity index is 1170. The van der Waals surface area contributed by atoms with E-state index < -0.39 is 40.3 Å². The number of phosphoric ester groups is 1. The van der Waals surface area contributed by atoms with E-state index in [-0.39, 0.29) is 37.4 Å². The van der Waals surface area contributed by atoms with Gasteiger partial charge in [-0.15, -0.1) is 0 Å². The number of fused-ring (bicyclic) bond motifs is 2. The van der Waals surface area contributed by atoms with E-state index in [0.29, 0.717) is 65.1 Å². The molecular weight excluding hydrogens is 648 g/mol. The van der Waals surface area contributed by atoms with Gasteiger partial charge in [-0.2, -0.15) is 0 Å². The first kappa shape index (κ1) is 39.4. The van der Waals surface area contributed by atoms with Crippen molar-refractivity contribution in [2.75, 3.05) is 52.7 Å². The smallest absolute Gasteiger partial charge is 0.356 e. The SMILES string of the molecule is CCOP(OCC)OCCCCNC(=O)C1C(C(=O)NCCCCOP(=O)(OCC)OCC)C2C=CC(=O)C1N2Cc1ccccc1. The molecule has 0 radical (unpaired) electrons. The summed E-state index contributed by atoms with van der Waals surface area (Å²) < 4.78 is 44.7. The summed E-state index contributed by atoms with van der Waals surface area (Å²) in [7, 11) is -4.98. The number of carbonyl (C=O) groups excluding carboxylic acids is 3. The first-order chi connectivity index (χ1) is 22.8. The van der Waals surface area contributed by atoms with Crippen molar-refractivity contribution in [3.05, 3.63) is 48.0 Å². The van der Waals surface area contributed by atoms with Crippen molar-refractivity contribution >= 4 is 34.0 Å². The molecule has 2 aliphatic rings. The summed E-state index contributed by atoms with van der Waals surface area (Å²) in [5, 5.41) is 5.95. The van der Waals surface area contributed by atoms with Gasteiger partial charge in [0, 0.05) is 25.7 Å². The highest BCUT2D eigenvalue weighted by Gasteiger charge is 2.57. The van der Waals surface area contributed by atoms with Crippen molar-refractivity contribution < 1.29 is 46.1 Å². The largest absolute Gasteiger partial charge is 0.474 e. The number of benzene rings is 1. The van der Waals surface area contributed by atoms with E-state index in [1.807, 2.05) is 49.1 Å². The van der Waals surface area contributed by atoms with Gasteiger partial charge < -0.3 is 24.2 Å². The molecule has 264 valence electrons. The number of rotatable bonds is 24. The summed E-state index contributed by atoms with van der Waals surface area (Å²) >= 11 is 0. The molecule has 2 aliphatic heterocycles. The maximum atomic E-state index is 13.7. The molecule has 2 heterocycles. The molecule has 1 saturated heterocycles. The van der Waals surface area contributed by atoms with Crippen LogP contribution in [0.4, 0.5) is 0 Å². The van der Waals surface area contributed by atoms with Gasteiger partial charge in [-0.1, -0.05) is 36.4 Å². The topological polar surface area (TPSA) is 151 Å². The Balaban J connectivity index is 1.61. The average Bonchev–Trinajstić information content (AvgIpc) is 3.28. The van der Waals surface area contributed by atoms with Gasteiger partial charge in [0.15, 0.2) is 5.78 Å². The lowest BCUT2D eigenvalue weighted by atomic mass is 9.85. The quantitative estimate of drug-likeness (QED) is 0.112. The zero-order valence-electron chi connectivity index (χ0n) is 28.0. The van der Waals surface area contributed by atoms with Gasteiger partial charge in [0.1, 0.15) is 0 Å². The monoisotopic (exact) mass is 699 g/mol. The van der Waals surface area contributed by atoms with Crippen molar-refractivity contribution in [2.24, 2.45) is 11.8 Å². The lowest BCUT2D eigenvalue weighted by Crippen LogP contribution is -2.47. The predicted molar refractivity (Wildman–Crippen MR) is 178 cm³/mol. The Morgan fingerprint density at radius 1 is 0.787 bits per heavy atom. The fourth-order valence-electron chi connectivity index (χ4n) is 5.67. The molecule has 0 aliphatic carbocycles. The van der Waals surface area contributed by atoms with Crippen molar-refractivity contribution in [1.29, 1.82) is 0 Å². The van der Waals surface area contributed by atoms with Crippen LogP contribution in [-0.2, 0) is 52.6 Å². The molecule has 1 fully saturated rings. The first-order valence-corrected chi connectivity index (χ1v) is 19.1. The fraction of sp³-hybridized carbons (Fsp3) is 0.656. The van der Waals surface area contributed by atoms with Gasteiger partial charge >= 0.3 is 16.4 Å². The third kappa shape index (κ3) is 12.1. The van der Waals surface area contributed by atoms with E-state index >= 15 is 0 Å². The Morgan fingerprint density at radius 3 is 1.98 bits per heavy atom. The van der Waals surface area contributed by atoms with E-state index in [2.05, 4.69) is 10.6 Å². The van der Waals surface area contributed by atoms with Crippen molar-refractivity contribution in [1.82, 2.24) is 15.5 Å². The molecule has 4 unspecified atom stereocenters. The molecular formula is C32H51N3O10P2. The Labute approximate surface area is 280 Å². The van der Waals surface area contributed by atoms with Crippen LogP contribution in [0.1, 0.15) is 58.9 Å². The van der Waals surface area contributed by atoms with Crippen LogP contribution in [0.5, 0.6) is 0 Å². The Kier molecular flexibility index (Phi) is 17.7. The zero-order chi connectivity index (χ0) is 34.1. The van der Waals surface area contributed by atoms with Crippen LogP contribution in [0.3, 0.4) is 0 Å². The van der Waals surface area contributed by atoms with Gasteiger partial charge in [-0.25, -0.2) is 4.57 Å². The number of nitrogens with zero attached hydrogens (tertiary/aromatic N) is 1. The van der Waals surface area contributed by atoms with Gasteiger partial charge in [0.05, 0.1) is 57.5 Å². The molecule has 2 N–H and O–H groups in total. The van der Waals surface area contributed by atoms with Crippen molar-refractivity contribution in [3.63, 3.8) is 0 Å². The van der Waals surface area contributed by atoms with Crippen molar-refractivity contribution in [2.45, 2.75) is 72.0 Å². The molecule has 47 heavy (non-hydrogen) atoms. The van der Waals surface area contributed by atoms with Gasteiger partial charge in [-0.3, -0.25) is 32.9 Å². The summed E-state index contributed by atoms with van der Waals surface area (Å²) in [6.07, 6.45) is 5.62. The number of unbranched alkanes of at least 4 members (excludes halogenated alkanes) is 2. The maximum absolute atomic E-state index is 13.7. The van der Waals surface area contributed by atoms with E-state index in [9.17, 15) is 18.9 Å². The van der Waals surface area contributed by atoms with Gasteiger partial charge in [-0.05, 0) is 65.0 Å². The molecule has 0 saturated carbocycles. The van der Waals surface area contributed by atoms with Gasteiger partial charge in [0.25, 0.3) is 0 Å². The number of nitrogens with one attached hydrogen (secondary N) is 2. The second-order valence-corrected chi connectivity index (χ2v) is 13.8. The first-order valence-electron chi connectivity index (χ1n) is 16.6. The highest BCUT2D eigenvalue weighted by atomic mass is 31.2. The summed E-state index contributed by atoms with van der Waals surface area (Å²) in [4.78, 5) is 42.7. The molecule has 1 aromatic rings. The van der Waals surface area contributed by atoms with E-state index in [4.69, 9.17) is 27.1 Å². The fourth-order valence-corrected chi connectivity index (χ4v) is 7.80. The summed E-state index contributed by atoms with van der Waals surface area (Å²) in [5.74, 6) is -2.43. The molecule has 15 heteroatoms. The molecule has 0 spiro atoms.